The second-order valence-corrected chi connectivity index (χ2v) is 3.68. The van der Waals surface area contributed by atoms with Gasteiger partial charge in [0.25, 0.3) is 0 Å². The lowest BCUT2D eigenvalue weighted by molar-refractivity contribution is 0.0527. The number of esters is 1. The lowest BCUT2D eigenvalue weighted by Crippen LogP contribution is -2.12. The van der Waals surface area contributed by atoms with Gasteiger partial charge in [0.1, 0.15) is 5.82 Å². The Hall–Kier alpha value is -2.04. The van der Waals surface area contributed by atoms with Crippen LogP contribution in [0.2, 0.25) is 0 Å². The van der Waals surface area contributed by atoms with E-state index < -0.39 is 11.8 Å². The number of fused-ring (bicyclic) bond motifs is 1. The van der Waals surface area contributed by atoms with Gasteiger partial charge < -0.3 is 10.6 Å². The van der Waals surface area contributed by atoms with Gasteiger partial charge in [0.2, 0.25) is 0 Å². The molecule has 0 saturated carbocycles. The van der Waals surface area contributed by atoms with Crippen molar-refractivity contribution < 1.29 is 13.9 Å². The average Bonchev–Trinajstić information content (AvgIpc) is 2.55. The van der Waals surface area contributed by atoms with Gasteiger partial charge in [-0.15, -0.1) is 0 Å². The van der Waals surface area contributed by atoms with E-state index >= 15 is 0 Å². The van der Waals surface area contributed by atoms with Gasteiger partial charge in [0, 0.05) is 0 Å². The summed E-state index contributed by atoms with van der Waals surface area (Å²) in [4.78, 5) is 11.8. The van der Waals surface area contributed by atoms with E-state index in [1.807, 2.05) is 0 Å². The highest BCUT2D eigenvalue weighted by atomic mass is 19.1. The zero-order valence-electron chi connectivity index (χ0n) is 9.66. The summed E-state index contributed by atoms with van der Waals surface area (Å²) in [6.45, 7) is 3.60. The summed E-state index contributed by atoms with van der Waals surface area (Å²) in [5, 5.41) is 0.214. The molecule has 0 aliphatic carbocycles. The van der Waals surface area contributed by atoms with E-state index in [1.165, 1.54) is 10.7 Å². The first-order chi connectivity index (χ1) is 8.07. The van der Waals surface area contributed by atoms with Crippen LogP contribution in [0.4, 0.5) is 4.39 Å². The average molecular weight is 236 g/mol. The van der Waals surface area contributed by atoms with Crippen LogP contribution in [0.1, 0.15) is 23.0 Å². The normalized spacial score (nSPS) is 10.8. The van der Waals surface area contributed by atoms with Crippen molar-refractivity contribution in [3.8, 4) is 0 Å². The Morgan fingerprint density at radius 2 is 2.24 bits per heavy atom. The van der Waals surface area contributed by atoms with Crippen LogP contribution < -0.4 is 5.84 Å². The number of rotatable bonds is 2. The van der Waals surface area contributed by atoms with Crippen molar-refractivity contribution in [1.82, 2.24) is 4.68 Å². The van der Waals surface area contributed by atoms with E-state index in [0.29, 0.717) is 11.2 Å². The molecule has 0 spiro atoms. The maximum Gasteiger partial charge on any atom is 0.340 e. The summed E-state index contributed by atoms with van der Waals surface area (Å²) >= 11 is 0. The molecule has 2 aromatic rings. The minimum Gasteiger partial charge on any atom is -0.462 e. The van der Waals surface area contributed by atoms with Crippen LogP contribution in [0.25, 0.3) is 10.9 Å². The molecule has 0 amide bonds. The molecule has 17 heavy (non-hydrogen) atoms. The molecule has 1 aromatic carbocycles. The number of halogens is 1. The lowest BCUT2D eigenvalue weighted by atomic mass is 10.1. The lowest BCUT2D eigenvalue weighted by Gasteiger charge is -2.02. The van der Waals surface area contributed by atoms with Gasteiger partial charge in [-0.05, 0) is 26.0 Å². The molecular formula is C12H13FN2O2. The molecule has 0 saturated heterocycles. The minimum absolute atomic E-state index is 0.197. The van der Waals surface area contributed by atoms with E-state index in [-0.39, 0.29) is 17.6 Å². The molecule has 0 fully saturated rings. The molecule has 0 bridgehead atoms. The van der Waals surface area contributed by atoms with Crippen LogP contribution in [0.15, 0.2) is 18.2 Å². The van der Waals surface area contributed by atoms with Crippen LogP contribution in [0.3, 0.4) is 0 Å². The standard InChI is InChI=1S/C12H13FN2O2/c1-3-17-12(16)10-7(2)15(14)9-6-4-5-8(13)11(9)10/h4-6H,3,14H2,1-2H3. The topological polar surface area (TPSA) is 57.2 Å². The predicted octanol–water partition coefficient (Wildman–Crippen LogP) is 1.98. The SMILES string of the molecule is CCOC(=O)c1c(C)n(N)c2cccc(F)c12. The third kappa shape index (κ3) is 1.63. The zero-order chi connectivity index (χ0) is 12.6. The molecule has 2 N–H and O–H groups in total. The fraction of sp³-hybridized carbons (Fsp3) is 0.250. The minimum atomic E-state index is -0.552. The van der Waals surface area contributed by atoms with Gasteiger partial charge in [-0.3, -0.25) is 4.68 Å². The Labute approximate surface area is 97.7 Å². The van der Waals surface area contributed by atoms with Gasteiger partial charge in [0.15, 0.2) is 0 Å². The molecule has 2 rings (SSSR count). The fourth-order valence-electron chi connectivity index (χ4n) is 1.90. The van der Waals surface area contributed by atoms with E-state index in [2.05, 4.69) is 0 Å². The number of aromatic nitrogens is 1. The largest absolute Gasteiger partial charge is 0.462 e. The van der Waals surface area contributed by atoms with Crippen LogP contribution >= 0.6 is 0 Å². The summed E-state index contributed by atoms with van der Waals surface area (Å²) < 4.78 is 20.0. The molecule has 1 aromatic heterocycles. The first-order valence-corrected chi connectivity index (χ1v) is 5.29. The number of nitrogens with zero attached hydrogens (tertiary/aromatic N) is 1. The zero-order valence-corrected chi connectivity index (χ0v) is 9.66. The number of hydrogen-bond acceptors (Lipinski definition) is 3. The van der Waals surface area contributed by atoms with Crippen molar-refractivity contribution in [2.45, 2.75) is 13.8 Å². The Morgan fingerprint density at radius 3 is 2.88 bits per heavy atom. The van der Waals surface area contributed by atoms with Crippen LogP contribution in [0, 0.1) is 12.7 Å². The number of ether oxygens (including phenoxy) is 1. The first-order valence-electron chi connectivity index (χ1n) is 5.29. The van der Waals surface area contributed by atoms with Crippen LogP contribution in [0.5, 0.6) is 0 Å². The number of carbonyl (C=O) groups excluding carboxylic acids is 1. The summed E-state index contributed by atoms with van der Waals surface area (Å²) in [7, 11) is 0. The Bertz CT molecular complexity index is 590. The number of nitrogen functional groups attached to an aromatic ring is 1. The van der Waals surface area contributed by atoms with E-state index in [1.54, 1.807) is 26.0 Å². The maximum absolute atomic E-state index is 13.8. The van der Waals surface area contributed by atoms with Crippen molar-refractivity contribution in [2.24, 2.45) is 0 Å². The van der Waals surface area contributed by atoms with Gasteiger partial charge >= 0.3 is 5.97 Å². The van der Waals surface area contributed by atoms with Gasteiger partial charge in [-0.1, -0.05) is 6.07 Å². The Morgan fingerprint density at radius 1 is 1.53 bits per heavy atom. The quantitative estimate of drug-likeness (QED) is 0.640. The summed E-state index contributed by atoms with van der Waals surface area (Å²) in [6, 6.07) is 4.51. The monoisotopic (exact) mass is 236 g/mol. The van der Waals surface area contributed by atoms with Crippen LogP contribution in [-0.4, -0.2) is 17.3 Å². The van der Waals surface area contributed by atoms with Gasteiger partial charge in [0.05, 0.1) is 28.8 Å². The number of nitrogens with two attached hydrogens (primary N) is 1. The van der Waals surface area contributed by atoms with E-state index in [4.69, 9.17) is 10.6 Å². The van der Waals surface area contributed by atoms with Crippen molar-refractivity contribution in [2.75, 3.05) is 12.4 Å². The molecule has 1 heterocycles. The van der Waals surface area contributed by atoms with Crippen molar-refractivity contribution in [3.05, 3.63) is 35.3 Å². The second-order valence-electron chi connectivity index (χ2n) is 3.68. The highest BCUT2D eigenvalue weighted by Gasteiger charge is 2.22. The maximum atomic E-state index is 13.8. The molecule has 4 nitrogen and oxygen atoms in total. The van der Waals surface area contributed by atoms with Crippen molar-refractivity contribution >= 4 is 16.9 Å². The highest BCUT2D eigenvalue weighted by molar-refractivity contribution is 6.06. The Balaban J connectivity index is 2.78. The third-order valence-corrected chi connectivity index (χ3v) is 2.70. The predicted molar refractivity (Wildman–Crippen MR) is 62.7 cm³/mol. The molecule has 0 unspecified atom stereocenters. The van der Waals surface area contributed by atoms with Gasteiger partial charge in [-0.2, -0.15) is 0 Å². The number of hydrogen-bond donors (Lipinski definition) is 1. The summed E-state index contributed by atoms with van der Waals surface area (Å²) in [6.07, 6.45) is 0. The molecule has 0 aliphatic heterocycles. The summed E-state index contributed by atoms with van der Waals surface area (Å²) in [5.74, 6) is 4.76. The number of carbonyl (C=O) groups is 1. The van der Waals surface area contributed by atoms with Gasteiger partial charge in [-0.25, -0.2) is 9.18 Å². The van der Waals surface area contributed by atoms with Crippen molar-refractivity contribution in [3.63, 3.8) is 0 Å². The third-order valence-electron chi connectivity index (χ3n) is 2.70. The van der Waals surface area contributed by atoms with Crippen molar-refractivity contribution in [1.29, 1.82) is 0 Å². The van der Waals surface area contributed by atoms with E-state index in [9.17, 15) is 9.18 Å². The molecule has 0 atom stereocenters. The fourth-order valence-corrected chi connectivity index (χ4v) is 1.90. The number of benzene rings is 1. The molecular weight excluding hydrogens is 223 g/mol. The smallest absolute Gasteiger partial charge is 0.340 e. The first kappa shape index (κ1) is 11.4. The molecule has 0 radical (unpaired) electrons. The highest BCUT2D eigenvalue weighted by Crippen LogP contribution is 2.27. The second kappa shape index (κ2) is 4.08. The molecule has 5 heteroatoms. The van der Waals surface area contributed by atoms with E-state index in [0.717, 1.165) is 0 Å². The molecule has 0 aliphatic rings. The summed E-state index contributed by atoms with van der Waals surface area (Å²) in [5.41, 5.74) is 1.16. The Kier molecular flexibility index (Phi) is 2.75. The molecule has 90 valence electrons. The van der Waals surface area contributed by atoms with Crippen LogP contribution in [-0.2, 0) is 4.74 Å².